The van der Waals surface area contributed by atoms with Crippen molar-refractivity contribution in [1.82, 2.24) is 10.2 Å². The third kappa shape index (κ3) is 3.48. The highest BCUT2D eigenvalue weighted by atomic mass is 16.2. The van der Waals surface area contributed by atoms with Gasteiger partial charge in [0.05, 0.1) is 0 Å². The zero-order valence-corrected chi connectivity index (χ0v) is 10.7. The number of nitrogens with zero attached hydrogens (tertiary/aromatic N) is 1. The highest BCUT2D eigenvalue weighted by Crippen LogP contribution is 2.23. The first-order chi connectivity index (χ1) is 7.86. The summed E-state index contributed by atoms with van der Waals surface area (Å²) in [6, 6.07) is -0.463. The topological polar surface area (TPSA) is 49.4 Å². The number of hydrogen-bond acceptors (Lipinski definition) is 2. The van der Waals surface area contributed by atoms with Crippen LogP contribution in [0, 0.1) is 17.8 Å². The fraction of sp³-hybridized carbons (Fsp3) is 0.692. The van der Waals surface area contributed by atoms with E-state index in [0.717, 1.165) is 0 Å². The summed E-state index contributed by atoms with van der Waals surface area (Å²) in [5, 5.41) is 2.79. The Kier molecular flexibility index (Phi) is 4.17. The summed E-state index contributed by atoms with van der Waals surface area (Å²) in [6.45, 7) is 6.82. The smallest absolute Gasteiger partial charge is 0.245 e. The van der Waals surface area contributed by atoms with Crippen LogP contribution in [0.5, 0.6) is 0 Å². The lowest BCUT2D eigenvalue weighted by atomic mass is 9.86. The molecule has 1 unspecified atom stereocenters. The third-order valence-corrected chi connectivity index (χ3v) is 2.86. The monoisotopic (exact) mass is 236 g/mol. The van der Waals surface area contributed by atoms with Crippen molar-refractivity contribution < 1.29 is 9.59 Å². The summed E-state index contributed by atoms with van der Waals surface area (Å²) in [7, 11) is 0. The van der Waals surface area contributed by atoms with Crippen molar-refractivity contribution in [2.75, 3.05) is 13.1 Å². The summed E-state index contributed by atoms with van der Waals surface area (Å²) in [5.41, 5.74) is -0.286. The van der Waals surface area contributed by atoms with E-state index in [1.54, 1.807) is 4.90 Å². The van der Waals surface area contributed by atoms with Crippen LogP contribution in [0.25, 0.3) is 0 Å². The van der Waals surface area contributed by atoms with Crippen molar-refractivity contribution in [1.29, 1.82) is 0 Å². The van der Waals surface area contributed by atoms with E-state index >= 15 is 0 Å². The summed E-state index contributed by atoms with van der Waals surface area (Å²) >= 11 is 0. The second-order valence-corrected chi connectivity index (χ2v) is 5.40. The van der Waals surface area contributed by atoms with E-state index in [2.05, 4.69) is 11.2 Å². The van der Waals surface area contributed by atoms with Crippen molar-refractivity contribution >= 4 is 11.8 Å². The average Bonchev–Trinajstić information content (AvgIpc) is 2.36. The number of hydrogen-bond donors (Lipinski definition) is 1. The molecule has 1 fully saturated rings. The Morgan fingerprint density at radius 2 is 2.12 bits per heavy atom. The van der Waals surface area contributed by atoms with Crippen LogP contribution in [0.3, 0.4) is 0 Å². The minimum Gasteiger partial charge on any atom is -0.344 e. The van der Waals surface area contributed by atoms with Gasteiger partial charge in [-0.3, -0.25) is 9.59 Å². The van der Waals surface area contributed by atoms with Crippen LogP contribution < -0.4 is 5.32 Å². The number of carbonyl (C=O) groups excluding carboxylic acids is 2. The van der Waals surface area contributed by atoms with Crippen molar-refractivity contribution in [3.63, 3.8) is 0 Å². The number of nitrogens with one attached hydrogen (secondary N) is 1. The normalized spacial score (nSPS) is 21.8. The predicted octanol–water partition coefficient (Wildman–Crippen LogP) is 0.773. The van der Waals surface area contributed by atoms with E-state index in [0.29, 0.717) is 25.9 Å². The zero-order valence-electron chi connectivity index (χ0n) is 10.7. The number of rotatable bonds is 2. The first-order valence-electron chi connectivity index (χ1n) is 5.88. The third-order valence-electron chi connectivity index (χ3n) is 2.86. The van der Waals surface area contributed by atoms with Gasteiger partial charge in [0.15, 0.2) is 0 Å². The van der Waals surface area contributed by atoms with Crippen LogP contribution in [0.15, 0.2) is 0 Å². The second kappa shape index (κ2) is 5.22. The van der Waals surface area contributed by atoms with Crippen LogP contribution in [0.1, 0.15) is 33.6 Å². The standard InChI is InChI=1S/C13H20N2O2/c1-5-6-8-15-9-7-10(16)14-11(12(15)17)13(2,3)4/h1,11H,6-9H2,2-4H3,(H,14,16). The first-order valence-corrected chi connectivity index (χ1v) is 5.88. The Morgan fingerprint density at radius 3 is 2.65 bits per heavy atom. The van der Waals surface area contributed by atoms with Crippen molar-refractivity contribution in [3.8, 4) is 12.3 Å². The quantitative estimate of drug-likeness (QED) is 0.720. The molecule has 1 rings (SSSR count). The zero-order chi connectivity index (χ0) is 13.1. The van der Waals surface area contributed by atoms with Crippen LogP contribution in [0.2, 0.25) is 0 Å². The lowest BCUT2D eigenvalue weighted by Crippen LogP contribution is -2.52. The molecule has 0 aromatic rings. The van der Waals surface area contributed by atoms with Crippen LogP contribution in [0.4, 0.5) is 0 Å². The molecule has 0 saturated carbocycles. The summed E-state index contributed by atoms with van der Waals surface area (Å²) in [4.78, 5) is 25.5. The summed E-state index contributed by atoms with van der Waals surface area (Å²) in [5.74, 6) is 2.42. The van der Waals surface area contributed by atoms with Gasteiger partial charge in [0.25, 0.3) is 0 Å². The fourth-order valence-electron chi connectivity index (χ4n) is 1.83. The van der Waals surface area contributed by atoms with Gasteiger partial charge in [0.1, 0.15) is 6.04 Å². The Hall–Kier alpha value is -1.50. The molecule has 4 heteroatoms. The number of amides is 2. The molecule has 1 atom stereocenters. The summed E-state index contributed by atoms with van der Waals surface area (Å²) in [6.07, 6.45) is 6.08. The lowest BCUT2D eigenvalue weighted by molar-refractivity contribution is -0.136. The minimum absolute atomic E-state index is 0.0291. The maximum Gasteiger partial charge on any atom is 0.245 e. The van der Waals surface area contributed by atoms with Gasteiger partial charge in [-0.05, 0) is 5.41 Å². The van der Waals surface area contributed by atoms with E-state index in [1.807, 2.05) is 20.8 Å². The molecular formula is C13H20N2O2. The molecule has 0 radical (unpaired) electrons. The van der Waals surface area contributed by atoms with E-state index in [9.17, 15) is 9.59 Å². The molecule has 0 aromatic carbocycles. The number of terminal acetylenes is 1. The molecule has 94 valence electrons. The molecule has 1 aliphatic heterocycles. The van der Waals surface area contributed by atoms with Crippen LogP contribution in [-0.4, -0.2) is 35.8 Å². The minimum atomic E-state index is -0.463. The molecule has 0 bridgehead atoms. The van der Waals surface area contributed by atoms with Crippen molar-refractivity contribution in [2.45, 2.75) is 39.7 Å². The molecule has 1 saturated heterocycles. The largest absolute Gasteiger partial charge is 0.344 e. The maximum atomic E-state index is 12.3. The van der Waals surface area contributed by atoms with E-state index in [-0.39, 0.29) is 17.2 Å². The van der Waals surface area contributed by atoms with Gasteiger partial charge in [0.2, 0.25) is 11.8 Å². The van der Waals surface area contributed by atoms with Gasteiger partial charge in [-0.1, -0.05) is 20.8 Å². The maximum absolute atomic E-state index is 12.3. The molecule has 0 aromatic heterocycles. The van der Waals surface area contributed by atoms with Gasteiger partial charge in [0, 0.05) is 25.9 Å². The van der Waals surface area contributed by atoms with Gasteiger partial charge in [-0.15, -0.1) is 12.3 Å². The molecule has 4 nitrogen and oxygen atoms in total. The fourth-order valence-corrected chi connectivity index (χ4v) is 1.83. The Labute approximate surface area is 103 Å². The van der Waals surface area contributed by atoms with Gasteiger partial charge < -0.3 is 10.2 Å². The second-order valence-electron chi connectivity index (χ2n) is 5.40. The lowest BCUT2D eigenvalue weighted by Gasteiger charge is -2.32. The summed E-state index contributed by atoms with van der Waals surface area (Å²) < 4.78 is 0. The molecular weight excluding hydrogens is 216 g/mol. The van der Waals surface area contributed by atoms with E-state index < -0.39 is 6.04 Å². The average molecular weight is 236 g/mol. The molecule has 2 amide bonds. The molecule has 0 aliphatic carbocycles. The van der Waals surface area contributed by atoms with Crippen LogP contribution >= 0.6 is 0 Å². The van der Waals surface area contributed by atoms with Crippen LogP contribution in [-0.2, 0) is 9.59 Å². The number of carbonyl (C=O) groups is 2. The van der Waals surface area contributed by atoms with Gasteiger partial charge in [-0.2, -0.15) is 0 Å². The Morgan fingerprint density at radius 1 is 1.47 bits per heavy atom. The highest BCUT2D eigenvalue weighted by molar-refractivity contribution is 5.90. The Bertz CT molecular complexity index is 349. The Balaban J connectivity index is 2.86. The molecule has 0 spiro atoms. The van der Waals surface area contributed by atoms with Gasteiger partial charge >= 0.3 is 0 Å². The predicted molar refractivity (Wildman–Crippen MR) is 66.0 cm³/mol. The molecule has 1 heterocycles. The van der Waals surface area contributed by atoms with Crippen molar-refractivity contribution in [2.24, 2.45) is 5.41 Å². The highest BCUT2D eigenvalue weighted by Gasteiger charge is 2.37. The van der Waals surface area contributed by atoms with Gasteiger partial charge in [-0.25, -0.2) is 0 Å². The van der Waals surface area contributed by atoms with E-state index in [1.165, 1.54) is 0 Å². The van der Waals surface area contributed by atoms with E-state index in [4.69, 9.17) is 6.42 Å². The molecule has 17 heavy (non-hydrogen) atoms. The molecule has 1 aliphatic rings. The van der Waals surface area contributed by atoms with Crippen molar-refractivity contribution in [3.05, 3.63) is 0 Å². The molecule has 1 N–H and O–H groups in total. The SMILES string of the molecule is C#CCCN1CCC(=O)NC(C(C)(C)C)C1=O. The first kappa shape index (κ1) is 13.6.